The van der Waals surface area contributed by atoms with Crippen molar-refractivity contribution in [2.75, 3.05) is 12.8 Å². The molecule has 0 radical (unpaired) electrons. The van der Waals surface area contributed by atoms with E-state index in [1.54, 1.807) is 12.1 Å². The number of sulfonamides is 1. The maximum absolute atomic E-state index is 13.5. The van der Waals surface area contributed by atoms with Crippen molar-refractivity contribution in [1.82, 2.24) is 4.72 Å². The lowest BCUT2D eigenvalue weighted by atomic mass is 9.85. The predicted molar refractivity (Wildman–Crippen MR) is 87.2 cm³/mol. The standard InChI is InChI=1S/C15H24FNO2SSi/c1-20(18,19)17-10-15(12-5-4-6-14(16)9-12)13-7-8-21(2,3)11-13/h4-6,9,13,15,17H,7-8,10-11H2,1-3H3/t13-,15-/m1/s1. The van der Waals surface area contributed by atoms with Gasteiger partial charge in [-0.05, 0) is 23.6 Å². The molecule has 0 spiro atoms. The molecule has 0 unspecified atom stereocenters. The first kappa shape index (κ1) is 16.6. The zero-order chi connectivity index (χ0) is 15.7. The number of hydrogen-bond acceptors (Lipinski definition) is 2. The highest BCUT2D eigenvalue weighted by molar-refractivity contribution is 7.88. The maximum atomic E-state index is 13.5. The molecule has 3 nitrogen and oxygen atoms in total. The Morgan fingerprint density at radius 3 is 2.67 bits per heavy atom. The molecule has 1 aliphatic rings. The molecule has 2 atom stereocenters. The van der Waals surface area contributed by atoms with Gasteiger partial charge in [0, 0.05) is 20.5 Å². The molecule has 1 saturated heterocycles. The zero-order valence-corrected chi connectivity index (χ0v) is 14.7. The van der Waals surface area contributed by atoms with Gasteiger partial charge in [0.15, 0.2) is 0 Å². The highest BCUT2D eigenvalue weighted by Gasteiger charge is 2.37. The van der Waals surface area contributed by atoms with Gasteiger partial charge in [-0.3, -0.25) is 0 Å². The lowest BCUT2D eigenvalue weighted by molar-refractivity contribution is 0.453. The Morgan fingerprint density at radius 1 is 1.43 bits per heavy atom. The van der Waals surface area contributed by atoms with Crippen molar-refractivity contribution in [3.8, 4) is 0 Å². The van der Waals surface area contributed by atoms with Crippen LogP contribution in [0.15, 0.2) is 24.3 Å². The highest BCUT2D eigenvalue weighted by atomic mass is 32.2. The molecule has 21 heavy (non-hydrogen) atoms. The smallest absolute Gasteiger partial charge is 0.208 e. The summed E-state index contributed by atoms with van der Waals surface area (Å²) in [6.45, 7) is 5.11. The number of benzene rings is 1. The number of rotatable bonds is 5. The summed E-state index contributed by atoms with van der Waals surface area (Å²) in [7, 11) is -4.39. The molecule has 1 aromatic rings. The SMILES string of the molecule is C[Si]1(C)CC[C@@H]([C@H](CNS(C)(=O)=O)c2cccc(F)c2)C1. The topological polar surface area (TPSA) is 46.2 Å². The van der Waals surface area contributed by atoms with E-state index in [9.17, 15) is 12.8 Å². The molecule has 1 aliphatic heterocycles. The van der Waals surface area contributed by atoms with Crippen molar-refractivity contribution >= 4 is 18.1 Å². The molecular formula is C15H24FNO2SSi. The largest absolute Gasteiger partial charge is 0.215 e. The first-order chi connectivity index (χ1) is 9.66. The molecule has 0 bridgehead atoms. The summed E-state index contributed by atoms with van der Waals surface area (Å²) in [5, 5.41) is 0. The zero-order valence-electron chi connectivity index (χ0n) is 12.9. The first-order valence-electron chi connectivity index (χ1n) is 7.36. The lowest BCUT2D eigenvalue weighted by Gasteiger charge is -2.25. The van der Waals surface area contributed by atoms with Gasteiger partial charge in [0.2, 0.25) is 10.0 Å². The van der Waals surface area contributed by atoms with E-state index in [1.165, 1.54) is 24.4 Å². The first-order valence-corrected chi connectivity index (χ1v) is 12.7. The second-order valence-electron chi connectivity index (χ2n) is 6.95. The van der Waals surface area contributed by atoms with Gasteiger partial charge in [-0.1, -0.05) is 43.7 Å². The third-order valence-electron chi connectivity index (χ3n) is 4.42. The molecule has 0 aliphatic carbocycles. The van der Waals surface area contributed by atoms with Crippen LogP contribution in [0.2, 0.25) is 25.2 Å². The summed E-state index contributed by atoms with van der Waals surface area (Å²) in [6, 6.07) is 9.03. The van der Waals surface area contributed by atoms with Crippen molar-refractivity contribution < 1.29 is 12.8 Å². The third-order valence-corrected chi connectivity index (χ3v) is 8.38. The Balaban J connectivity index is 2.22. The summed E-state index contributed by atoms with van der Waals surface area (Å²) in [5.41, 5.74) is 0.905. The molecule has 1 heterocycles. The van der Waals surface area contributed by atoms with E-state index in [-0.39, 0.29) is 11.7 Å². The highest BCUT2D eigenvalue weighted by Crippen LogP contribution is 2.42. The van der Waals surface area contributed by atoms with E-state index in [0.29, 0.717) is 12.5 Å². The van der Waals surface area contributed by atoms with Crippen LogP contribution in [-0.2, 0) is 10.0 Å². The molecule has 118 valence electrons. The average molecular weight is 330 g/mol. The van der Waals surface area contributed by atoms with Crippen LogP contribution >= 0.6 is 0 Å². The normalized spacial score (nSPS) is 23.1. The van der Waals surface area contributed by atoms with E-state index in [0.717, 1.165) is 12.0 Å². The van der Waals surface area contributed by atoms with Crippen LogP contribution in [0.5, 0.6) is 0 Å². The second-order valence-corrected chi connectivity index (χ2v) is 14.0. The van der Waals surface area contributed by atoms with Crippen LogP contribution < -0.4 is 4.72 Å². The van der Waals surface area contributed by atoms with Gasteiger partial charge < -0.3 is 0 Å². The van der Waals surface area contributed by atoms with E-state index in [1.807, 2.05) is 6.07 Å². The van der Waals surface area contributed by atoms with Crippen molar-refractivity contribution in [2.24, 2.45) is 5.92 Å². The van der Waals surface area contributed by atoms with E-state index >= 15 is 0 Å². The van der Waals surface area contributed by atoms with Gasteiger partial charge in [0.05, 0.1) is 6.26 Å². The van der Waals surface area contributed by atoms with Crippen molar-refractivity contribution in [3.05, 3.63) is 35.6 Å². The van der Waals surface area contributed by atoms with Gasteiger partial charge >= 0.3 is 0 Å². The second kappa shape index (κ2) is 6.18. The van der Waals surface area contributed by atoms with Gasteiger partial charge in [0.25, 0.3) is 0 Å². The Labute approximate surface area is 128 Å². The van der Waals surface area contributed by atoms with Gasteiger partial charge in [0.1, 0.15) is 5.82 Å². The fourth-order valence-corrected chi connectivity index (χ4v) is 7.12. The molecule has 1 N–H and O–H groups in total. The summed E-state index contributed by atoms with van der Waals surface area (Å²) in [4.78, 5) is 0. The Hall–Kier alpha value is -0.723. The fraction of sp³-hybridized carbons (Fsp3) is 0.600. The van der Waals surface area contributed by atoms with Crippen LogP contribution in [0.1, 0.15) is 17.9 Å². The third kappa shape index (κ3) is 4.90. The predicted octanol–water partition coefficient (Wildman–Crippen LogP) is 3.19. The summed E-state index contributed by atoms with van der Waals surface area (Å²) >= 11 is 0. The van der Waals surface area contributed by atoms with Crippen LogP contribution in [0.4, 0.5) is 4.39 Å². The number of nitrogens with one attached hydrogen (secondary N) is 1. The summed E-state index contributed by atoms with van der Waals surface area (Å²) < 4.78 is 38.9. The monoisotopic (exact) mass is 329 g/mol. The molecule has 6 heteroatoms. The van der Waals surface area contributed by atoms with Crippen molar-refractivity contribution in [3.63, 3.8) is 0 Å². The average Bonchev–Trinajstić information content (AvgIpc) is 2.68. The van der Waals surface area contributed by atoms with Gasteiger partial charge in [-0.2, -0.15) is 0 Å². The van der Waals surface area contributed by atoms with Crippen molar-refractivity contribution in [2.45, 2.75) is 37.5 Å². The van der Waals surface area contributed by atoms with E-state index in [2.05, 4.69) is 17.8 Å². The minimum absolute atomic E-state index is 0.0599. The molecule has 0 saturated carbocycles. The van der Waals surface area contributed by atoms with Crippen LogP contribution in [-0.4, -0.2) is 29.3 Å². The molecule has 0 aromatic heterocycles. The molecule has 0 amide bonds. The lowest BCUT2D eigenvalue weighted by Crippen LogP contribution is -2.31. The number of halogens is 1. The Bertz CT molecular complexity index is 603. The van der Waals surface area contributed by atoms with Gasteiger partial charge in [-0.15, -0.1) is 0 Å². The maximum Gasteiger partial charge on any atom is 0.208 e. The number of hydrogen-bond donors (Lipinski definition) is 1. The van der Waals surface area contributed by atoms with E-state index < -0.39 is 18.1 Å². The Morgan fingerprint density at radius 2 is 2.14 bits per heavy atom. The minimum atomic E-state index is -3.23. The van der Waals surface area contributed by atoms with Crippen LogP contribution in [0.25, 0.3) is 0 Å². The quantitative estimate of drug-likeness (QED) is 0.843. The molecular weight excluding hydrogens is 305 g/mol. The van der Waals surface area contributed by atoms with E-state index in [4.69, 9.17) is 0 Å². The minimum Gasteiger partial charge on any atom is -0.215 e. The van der Waals surface area contributed by atoms with Gasteiger partial charge in [-0.25, -0.2) is 17.5 Å². The Kier molecular flexibility index (Phi) is 4.90. The molecule has 1 aromatic carbocycles. The van der Waals surface area contributed by atoms with Crippen molar-refractivity contribution in [1.29, 1.82) is 0 Å². The molecule has 1 fully saturated rings. The summed E-state index contributed by atoms with van der Waals surface area (Å²) in [6.07, 6.45) is 2.29. The van der Waals surface area contributed by atoms with Crippen LogP contribution in [0.3, 0.4) is 0 Å². The fourth-order valence-electron chi connectivity index (χ4n) is 3.37. The molecule has 2 rings (SSSR count). The summed E-state index contributed by atoms with van der Waals surface area (Å²) in [5.74, 6) is 0.249. The van der Waals surface area contributed by atoms with Crippen LogP contribution in [0, 0.1) is 11.7 Å².